The maximum atomic E-state index is 5.37. The van der Waals surface area contributed by atoms with Gasteiger partial charge in [0, 0.05) is 6.42 Å². The molecule has 2 rings (SSSR count). The van der Waals surface area contributed by atoms with Crippen molar-refractivity contribution < 1.29 is 4.74 Å². The lowest BCUT2D eigenvalue weighted by molar-refractivity contribution is -0.156. The van der Waals surface area contributed by atoms with Gasteiger partial charge < -0.3 is 4.74 Å². The molecule has 2 heterocycles. The second kappa shape index (κ2) is 1.45. The minimum Gasteiger partial charge on any atom is -0.360 e. The maximum absolute atomic E-state index is 5.37. The predicted molar refractivity (Wildman–Crippen MR) is 30.5 cm³/mol. The van der Waals surface area contributed by atoms with Crippen LogP contribution < -0.4 is 5.32 Å². The summed E-state index contributed by atoms with van der Waals surface area (Å²) in [5, 5.41) is 3.35. The summed E-state index contributed by atoms with van der Waals surface area (Å²) in [6.07, 6.45) is 3.75. The van der Waals surface area contributed by atoms with E-state index in [1.165, 1.54) is 19.3 Å². The van der Waals surface area contributed by atoms with Gasteiger partial charge in [0.1, 0.15) is 5.72 Å². The number of rotatable bonds is 0. The van der Waals surface area contributed by atoms with Crippen LogP contribution in [0.25, 0.3) is 0 Å². The van der Waals surface area contributed by atoms with Crippen LogP contribution in [0.4, 0.5) is 0 Å². The Balaban J connectivity index is 2.01. The topological polar surface area (TPSA) is 21.3 Å². The molecule has 2 aliphatic heterocycles. The van der Waals surface area contributed by atoms with Crippen LogP contribution in [-0.4, -0.2) is 18.9 Å². The van der Waals surface area contributed by atoms with Gasteiger partial charge in [-0.3, -0.25) is 5.32 Å². The number of hydrogen-bond donors (Lipinski definition) is 1. The van der Waals surface area contributed by atoms with Gasteiger partial charge in [-0.2, -0.15) is 0 Å². The molecule has 0 saturated carbocycles. The second-order valence-electron chi connectivity index (χ2n) is 2.62. The molecule has 0 aromatic rings. The van der Waals surface area contributed by atoms with Gasteiger partial charge >= 0.3 is 0 Å². The Hall–Kier alpha value is -0.0800. The first-order chi connectivity index (χ1) is 3.91. The first kappa shape index (κ1) is 4.77. The third kappa shape index (κ3) is 0.501. The summed E-state index contributed by atoms with van der Waals surface area (Å²) in [5.41, 5.74) is 0.167. The van der Waals surface area contributed by atoms with E-state index in [1.807, 2.05) is 0 Å². The molecule has 2 saturated heterocycles. The van der Waals surface area contributed by atoms with Crippen LogP contribution in [-0.2, 0) is 4.74 Å². The molecule has 1 unspecified atom stereocenters. The lowest BCUT2D eigenvalue weighted by Crippen LogP contribution is -2.51. The van der Waals surface area contributed by atoms with Gasteiger partial charge in [0.15, 0.2) is 0 Å². The van der Waals surface area contributed by atoms with E-state index < -0.39 is 0 Å². The molecule has 46 valence electrons. The zero-order valence-electron chi connectivity index (χ0n) is 4.94. The quantitative estimate of drug-likeness (QED) is 0.493. The van der Waals surface area contributed by atoms with Crippen molar-refractivity contribution in [1.29, 1.82) is 0 Å². The smallest absolute Gasteiger partial charge is 0.121 e. The molecule has 1 spiro atoms. The average molecular weight is 113 g/mol. The molecule has 2 heteroatoms. The second-order valence-corrected chi connectivity index (χ2v) is 2.62. The van der Waals surface area contributed by atoms with E-state index in [2.05, 4.69) is 5.32 Å². The van der Waals surface area contributed by atoms with Gasteiger partial charge in [-0.25, -0.2) is 0 Å². The van der Waals surface area contributed by atoms with Crippen molar-refractivity contribution in [2.24, 2.45) is 0 Å². The fourth-order valence-electron chi connectivity index (χ4n) is 1.46. The molecule has 1 N–H and O–H groups in total. The van der Waals surface area contributed by atoms with Crippen LogP contribution in [0.15, 0.2) is 0 Å². The average Bonchev–Trinajstić information content (AvgIpc) is 2.07. The Kier molecular flexibility index (Phi) is 0.866. The molecule has 0 bridgehead atoms. The highest BCUT2D eigenvalue weighted by molar-refractivity contribution is 4.89. The van der Waals surface area contributed by atoms with E-state index in [4.69, 9.17) is 4.74 Å². The lowest BCUT2D eigenvalue weighted by Gasteiger charge is -2.38. The third-order valence-corrected chi connectivity index (χ3v) is 2.09. The van der Waals surface area contributed by atoms with Gasteiger partial charge in [0.2, 0.25) is 0 Å². The molecule has 0 aliphatic carbocycles. The molecule has 2 fully saturated rings. The molecular weight excluding hydrogens is 102 g/mol. The zero-order chi connectivity index (χ0) is 5.45. The zero-order valence-corrected chi connectivity index (χ0v) is 4.94. The minimum absolute atomic E-state index is 0.167. The molecule has 0 aromatic carbocycles. The first-order valence-corrected chi connectivity index (χ1v) is 3.30. The summed E-state index contributed by atoms with van der Waals surface area (Å²) >= 11 is 0. The maximum Gasteiger partial charge on any atom is 0.121 e. The van der Waals surface area contributed by atoms with Crippen LogP contribution >= 0.6 is 0 Å². The van der Waals surface area contributed by atoms with E-state index in [-0.39, 0.29) is 5.72 Å². The highest BCUT2D eigenvalue weighted by Gasteiger charge is 2.40. The Morgan fingerprint density at radius 2 is 2.25 bits per heavy atom. The summed E-state index contributed by atoms with van der Waals surface area (Å²) in [6.45, 7) is 2.12. The van der Waals surface area contributed by atoms with Gasteiger partial charge in [-0.1, -0.05) is 0 Å². The number of nitrogens with one attached hydrogen (secondary N) is 1. The van der Waals surface area contributed by atoms with Crippen LogP contribution in [0.3, 0.4) is 0 Å². The van der Waals surface area contributed by atoms with Gasteiger partial charge in [0.05, 0.1) is 6.61 Å². The van der Waals surface area contributed by atoms with Gasteiger partial charge in [-0.05, 0) is 19.4 Å². The molecule has 0 aromatic heterocycles. The van der Waals surface area contributed by atoms with Crippen molar-refractivity contribution in [3.05, 3.63) is 0 Å². The van der Waals surface area contributed by atoms with Crippen LogP contribution in [0, 0.1) is 0 Å². The molecule has 8 heavy (non-hydrogen) atoms. The Bertz CT molecular complexity index is 90.7. The van der Waals surface area contributed by atoms with E-state index >= 15 is 0 Å². The standard InChI is InChI=1S/C6H11NO/c1-2-6(7-4-1)3-5-8-6/h7H,1-5H2. The van der Waals surface area contributed by atoms with Crippen LogP contribution in [0.1, 0.15) is 19.3 Å². The van der Waals surface area contributed by atoms with Gasteiger partial charge in [0.25, 0.3) is 0 Å². The molecule has 0 radical (unpaired) electrons. The Morgan fingerprint density at radius 3 is 2.50 bits per heavy atom. The van der Waals surface area contributed by atoms with Crippen LogP contribution in [0.5, 0.6) is 0 Å². The summed E-state index contributed by atoms with van der Waals surface area (Å²) in [4.78, 5) is 0. The highest BCUT2D eigenvalue weighted by Crippen LogP contribution is 2.31. The molecule has 2 nitrogen and oxygen atoms in total. The first-order valence-electron chi connectivity index (χ1n) is 3.30. The molecule has 1 atom stereocenters. The lowest BCUT2D eigenvalue weighted by atomic mass is 10.0. The van der Waals surface area contributed by atoms with E-state index in [1.54, 1.807) is 0 Å². The van der Waals surface area contributed by atoms with Crippen molar-refractivity contribution in [3.8, 4) is 0 Å². The monoisotopic (exact) mass is 113 g/mol. The summed E-state index contributed by atoms with van der Waals surface area (Å²) in [7, 11) is 0. The predicted octanol–water partition coefficient (Wildman–Crippen LogP) is 0.486. The third-order valence-electron chi connectivity index (χ3n) is 2.09. The van der Waals surface area contributed by atoms with Crippen LogP contribution in [0.2, 0.25) is 0 Å². The fraction of sp³-hybridized carbons (Fsp3) is 1.00. The van der Waals surface area contributed by atoms with Crippen molar-refractivity contribution in [2.45, 2.75) is 25.0 Å². The van der Waals surface area contributed by atoms with Crippen molar-refractivity contribution in [3.63, 3.8) is 0 Å². The molecular formula is C6H11NO. The van der Waals surface area contributed by atoms with Gasteiger partial charge in [-0.15, -0.1) is 0 Å². The normalized spacial score (nSPS) is 45.0. The van der Waals surface area contributed by atoms with Crippen molar-refractivity contribution in [1.82, 2.24) is 5.32 Å². The highest BCUT2D eigenvalue weighted by atomic mass is 16.5. The molecule has 2 aliphatic rings. The fourth-order valence-corrected chi connectivity index (χ4v) is 1.46. The van der Waals surface area contributed by atoms with E-state index in [9.17, 15) is 0 Å². The Morgan fingerprint density at radius 1 is 1.38 bits per heavy atom. The SMILES string of the molecule is C1CNC2(C1)CCO2. The summed E-state index contributed by atoms with van der Waals surface area (Å²) < 4.78 is 5.37. The van der Waals surface area contributed by atoms with E-state index in [0.29, 0.717) is 0 Å². The minimum atomic E-state index is 0.167. The molecule has 0 amide bonds. The van der Waals surface area contributed by atoms with Crippen molar-refractivity contribution >= 4 is 0 Å². The van der Waals surface area contributed by atoms with E-state index in [0.717, 1.165) is 13.2 Å². The number of ether oxygens (including phenoxy) is 1. The number of hydrogen-bond acceptors (Lipinski definition) is 2. The Labute approximate surface area is 49.2 Å². The summed E-state index contributed by atoms with van der Waals surface area (Å²) in [5.74, 6) is 0. The largest absolute Gasteiger partial charge is 0.360 e. The van der Waals surface area contributed by atoms with Crippen molar-refractivity contribution in [2.75, 3.05) is 13.2 Å². The summed E-state index contributed by atoms with van der Waals surface area (Å²) in [6, 6.07) is 0.